The smallest absolute Gasteiger partial charge is 0.207 e. The topological polar surface area (TPSA) is 70.2 Å². The molecule has 0 aromatic heterocycles. The second kappa shape index (κ2) is 12.4. The fraction of sp³-hybridized carbons (Fsp3) is 0.692. The Morgan fingerprint density at radius 1 is 1.13 bits per heavy atom. The molecular weight excluding hydrogens is 386 g/mol. The maximum atomic E-state index is 11.6. The van der Waals surface area contributed by atoms with Crippen molar-refractivity contribution in [2.24, 2.45) is 11.3 Å². The summed E-state index contributed by atoms with van der Waals surface area (Å²) < 4.78 is 0. The summed E-state index contributed by atoms with van der Waals surface area (Å²) in [5, 5.41) is 9.46. The average Bonchev–Trinajstić information content (AvgIpc) is 2.80. The molecule has 3 rings (SSSR count). The van der Waals surface area contributed by atoms with Crippen LogP contribution in [0.15, 0.2) is 18.2 Å². The minimum Gasteiger partial charge on any atom is -0.359 e. The van der Waals surface area contributed by atoms with E-state index in [-0.39, 0.29) is 0 Å². The monoisotopic (exact) mass is 427 g/mol. The Hall–Kier alpha value is -1.72. The predicted octanol–water partition coefficient (Wildman–Crippen LogP) is 4.17. The molecule has 1 saturated heterocycles. The number of amides is 1. The Morgan fingerprint density at radius 3 is 2.58 bits per heavy atom. The molecule has 172 valence electrons. The largest absolute Gasteiger partial charge is 0.359 e. The zero-order chi connectivity index (χ0) is 21.9. The van der Waals surface area contributed by atoms with E-state index < -0.39 is 0 Å². The number of hydrogen-bond donors (Lipinski definition) is 3. The minimum absolute atomic E-state index is 0.383. The maximum absolute atomic E-state index is 11.6. The first-order valence-corrected chi connectivity index (χ1v) is 12.3. The quantitative estimate of drug-likeness (QED) is 0.346. The number of carbonyl (C=O) groups excluding carboxylic acids is 2. The molecule has 31 heavy (non-hydrogen) atoms. The SMILES string of the molecule is CNCc1ccc(C(CCCC2CCC3(CCNCC3)CC2)CCNC=O)cc1C=O. The number of piperidine rings is 1. The first-order valence-electron chi connectivity index (χ1n) is 12.3. The molecule has 2 fully saturated rings. The lowest BCUT2D eigenvalue weighted by Gasteiger charge is -2.43. The van der Waals surface area contributed by atoms with Crippen LogP contribution in [-0.2, 0) is 11.3 Å². The van der Waals surface area contributed by atoms with Gasteiger partial charge in [-0.05, 0) is 106 Å². The molecule has 5 heteroatoms. The fourth-order valence-corrected chi connectivity index (χ4v) is 5.81. The van der Waals surface area contributed by atoms with E-state index in [0.717, 1.165) is 42.6 Å². The van der Waals surface area contributed by atoms with Crippen molar-refractivity contribution >= 4 is 12.7 Å². The Labute approximate surface area is 188 Å². The van der Waals surface area contributed by atoms with E-state index in [0.29, 0.717) is 24.4 Å². The lowest BCUT2D eigenvalue weighted by Crippen LogP contribution is -2.39. The van der Waals surface area contributed by atoms with Gasteiger partial charge in [0.2, 0.25) is 6.41 Å². The van der Waals surface area contributed by atoms with Gasteiger partial charge in [0, 0.05) is 18.7 Å². The van der Waals surface area contributed by atoms with E-state index in [1.54, 1.807) is 0 Å². The number of hydrogen-bond acceptors (Lipinski definition) is 4. The number of carbonyl (C=O) groups is 2. The molecule has 1 unspecified atom stereocenters. The number of rotatable bonds is 12. The Balaban J connectivity index is 1.53. The Bertz CT molecular complexity index is 690. The lowest BCUT2D eigenvalue weighted by atomic mass is 9.65. The van der Waals surface area contributed by atoms with E-state index in [2.05, 4.69) is 34.1 Å². The van der Waals surface area contributed by atoms with Gasteiger partial charge in [-0.15, -0.1) is 0 Å². The van der Waals surface area contributed by atoms with Crippen molar-refractivity contribution in [2.75, 3.05) is 26.7 Å². The minimum atomic E-state index is 0.383. The normalized spacial score (nSPS) is 19.8. The van der Waals surface area contributed by atoms with Gasteiger partial charge in [0.15, 0.2) is 0 Å². The Kier molecular flexibility index (Phi) is 9.54. The van der Waals surface area contributed by atoms with Crippen molar-refractivity contribution < 1.29 is 9.59 Å². The third-order valence-electron chi connectivity index (χ3n) is 7.85. The molecule has 1 saturated carbocycles. The van der Waals surface area contributed by atoms with Gasteiger partial charge in [-0.1, -0.05) is 25.0 Å². The van der Waals surface area contributed by atoms with Crippen LogP contribution in [0, 0.1) is 11.3 Å². The first-order chi connectivity index (χ1) is 15.2. The molecule has 1 aromatic carbocycles. The van der Waals surface area contributed by atoms with Gasteiger partial charge in [-0.25, -0.2) is 0 Å². The fourth-order valence-electron chi connectivity index (χ4n) is 5.81. The molecule has 1 atom stereocenters. The second-order valence-corrected chi connectivity index (χ2v) is 9.79. The van der Waals surface area contributed by atoms with Crippen LogP contribution in [0.3, 0.4) is 0 Å². The first kappa shape index (κ1) is 23.9. The van der Waals surface area contributed by atoms with Crippen molar-refractivity contribution in [3.05, 3.63) is 34.9 Å². The van der Waals surface area contributed by atoms with Gasteiger partial charge < -0.3 is 16.0 Å². The molecule has 1 amide bonds. The summed E-state index contributed by atoms with van der Waals surface area (Å²) in [4.78, 5) is 22.3. The van der Waals surface area contributed by atoms with Crippen LogP contribution in [0.25, 0.3) is 0 Å². The summed E-state index contributed by atoms with van der Waals surface area (Å²) in [6, 6.07) is 6.31. The van der Waals surface area contributed by atoms with E-state index in [9.17, 15) is 9.59 Å². The van der Waals surface area contributed by atoms with Crippen LogP contribution in [-0.4, -0.2) is 39.4 Å². The van der Waals surface area contributed by atoms with Gasteiger partial charge in [0.05, 0.1) is 0 Å². The third-order valence-corrected chi connectivity index (χ3v) is 7.85. The van der Waals surface area contributed by atoms with Crippen LogP contribution in [0.5, 0.6) is 0 Å². The molecular formula is C26H41N3O2. The maximum Gasteiger partial charge on any atom is 0.207 e. The molecule has 0 radical (unpaired) electrons. The zero-order valence-corrected chi connectivity index (χ0v) is 19.3. The van der Waals surface area contributed by atoms with Crippen LogP contribution < -0.4 is 16.0 Å². The lowest BCUT2D eigenvalue weighted by molar-refractivity contribution is -0.109. The van der Waals surface area contributed by atoms with Crippen molar-refractivity contribution in [1.82, 2.24) is 16.0 Å². The Morgan fingerprint density at radius 2 is 1.90 bits per heavy atom. The van der Waals surface area contributed by atoms with Crippen molar-refractivity contribution in [3.8, 4) is 0 Å². The summed E-state index contributed by atoms with van der Waals surface area (Å²) in [5.41, 5.74) is 3.69. The van der Waals surface area contributed by atoms with E-state index in [4.69, 9.17) is 0 Å². The van der Waals surface area contributed by atoms with E-state index >= 15 is 0 Å². The zero-order valence-electron chi connectivity index (χ0n) is 19.3. The number of aldehydes is 1. The van der Waals surface area contributed by atoms with Gasteiger partial charge >= 0.3 is 0 Å². The highest BCUT2D eigenvalue weighted by Crippen LogP contribution is 2.46. The van der Waals surface area contributed by atoms with E-state index in [1.807, 2.05) is 7.05 Å². The van der Waals surface area contributed by atoms with E-state index in [1.165, 1.54) is 70.0 Å². The van der Waals surface area contributed by atoms with Crippen molar-refractivity contribution in [1.29, 1.82) is 0 Å². The molecule has 1 heterocycles. The van der Waals surface area contributed by atoms with Crippen molar-refractivity contribution in [3.63, 3.8) is 0 Å². The summed E-state index contributed by atoms with van der Waals surface area (Å²) in [7, 11) is 1.90. The van der Waals surface area contributed by atoms with Crippen LogP contribution in [0.4, 0.5) is 0 Å². The highest BCUT2D eigenvalue weighted by molar-refractivity contribution is 5.77. The highest BCUT2D eigenvalue weighted by Gasteiger charge is 2.35. The standard InChI is InChI=1S/C26H41N3O2/c1-27-18-24-6-5-23(17-25(24)19-30)22(9-14-29-20-31)4-2-3-21-7-10-26(11-8-21)12-15-28-16-13-26/h5-6,17,19-22,27-28H,2-4,7-16,18H2,1H3,(H,29,31). The highest BCUT2D eigenvalue weighted by atomic mass is 16.1. The molecule has 0 bridgehead atoms. The summed E-state index contributed by atoms with van der Waals surface area (Å²) in [6.45, 7) is 3.79. The molecule has 1 aromatic rings. The summed E-state index contributed by atoms with van der Waals surface area (Å²) in [5.74, 6) is 1.26. The van der Waals surface area contributed by atoms with Crippen LogP contribution in [0.1, 0.15) is 91.6 Å². The van der Waals surface area contributed by atoms with Gasteiger partial charge in [-0.3, -0.25) is 9.59 Å². The average molecular weight is 428 g/mol. The second-order valence-electron chi connectivity index (χ2n) is 9.79. The molecule has 5 nitrogen and oxygen atoms in total. The number of benzene rings is 1. The van der Waals surface area contributed by atoms with Crippen molar-refractivity contribution in [2.45, 2.75) is 76.7 Å². The molecule has 3 N–H and O–H groups in total. The predicted molar refractivity (Wildman–Crippen MR) is 126 cm³/mol. The van der Waals surface area contributed by atoms with Crippen LogP contribution >= 0.6 is 0 Å². The van der Waals surface area contributed by atoms with Crippen LogP contribution in [0.2, 0.25) is 0 Å². The molecule has 1 aliphatic carbocycles. The molecule has 1 aliphatic heterocycles. The molecule has 1 spiro atoms. The molecule has 2 aliphatic rings. The van der Waals surface area contributed by atoms with Gasteiger partial charge in [-0.2, -0.15) is 0 Å². The summed E-state index contributed by atoms with van der Waals surface area (Å²) >= 11 is 0. The summed E-state index contributed by atoms with van der Waals surface area (Å²) in [6.07, 6.45) is 14.7. The third kappa shape index (κ3) is 6.88. The van der Waals surface area contributed by atoms with Gasteiger partial charge in [0.1, 0.15) is 6.29 Å². The van der Waals surface area contributed by atoms with Gasteiger partial charge in [0.25, 0.3) is 0 Å². The number of nitrogens with one attached hydrogen (secondary N) is 3.